The molecule has 0 bridgehead atoms. The van der Waals surface area contributed by atoms with E-state index in [1.54, 1.807) is 7.11 Å². The molecule has 0 aliphatic carbocycles. The van der Waals surface area contributed by atoms with Crippen molar-refractivity contribution in [2.45, 2.75) is 129 Å². The van der Waals surface area contributed by atoms with Gasteiger partial charge in [-0.1, -0.05) is 93.5 Å². The third-order valence-electron chi connectivity index (χ3n) is 5.92. The van der Waals surface area contributed by atoms with E-state index in [1.165, 1.54) is 77.0 Å². The predicted molar refractivity (Wildman–Crippen MR) is 140 cm³/mol. The Bertz CT molecular complexity index is 379. The normalized spacial score (nSPS) is 12.3. The molecule has 0 amide bonds. The van der Waals surface area contributed by atoms with Gasteiger partial charge in [-0.05, 0) is 32.1 Å². The van der Waals surface area contributed by atoms with E-state index >= 15 is 0 Å². The fraction of sp³-hybridized carbons (Fsp3) is 0.963. The standard InChI is InChI=1S/C27H53BrO4/c1-3-4-5-14-19-26(29)20-15-11-9-7-6-8-10-12-17-22-31-24-27(30-2)25-32-23-18-13-16-21-28/h27H,3-25H2,1-2H3. The molecule has 0 saturated carbocycles. The van der Waals surface area contributed by atoms with Crippen LogP contribution in [-0.2, 0) is 19.0 Å². The van der Waals surface area contributed by atoms with E-state index in [0.29, 0.717) is 19.0 Å². The monoisotopic (exact) mass is 520 g/mol. The Morgan fingerprint density at radius 1 is 0.656 bits per heavy atom. The van der Waals surface area contributed by atoms with Gasteiger partial charge in [0, 0.05) is 38.5 Å². The van der Waals surface area contributed by atoms with E-state index < -0.39 is 0 Å². The van der Waals surface area contributed by atoms with Crippen LogP contribution in [0.1, 0.15) is 122 Å². The lowest BCUT2D eigenvalue weighted by Gasteiger charge is -2.15. The molecule has 4 nitrogen and oxygen atoms in total. The number of unbranched alkanes of at least 4 members (excludes halogenated alkanes) is 13. The zero-order valence-electron chi connectivity index (χ0n) is 21.4. The third kappa shape index (κ3) is 24.7. The first-order valence-electron chi connectivity index (χ1n) is 13.5. The molecule has 32 heavy (non-hydrogen) atoms. The van der Waals surface area contributed by atoms with Gasteiger partial charge in [-0.15, -0.1) is 0 Å². The molecule has 192 valence electrons. The van der Waals surface area contributed by atoms with Gasteiger partial charge in [-0.3, -0.25) is 4.79 Å². The lowest BCUT2D eigenvalue weighted by Crippen LogP contribution is -2.24. The Hall–Kier alpha value is 0.0300. The molecule has 0 spiro atoms. The van der Waals surface area contributed by atoms with E-state index in [2.05, 4.69) is 22.9 Å². The molecule has 1 unspecified atom stereocenters. The van der Waals surface area contributed by atoms with E-state index in [-0.39, 0.29) is 6.10 Å². The summed E-state index contributed by atoms with van der Waals surface area (Å²) in [5.74, 6) is 0.480. The summed E-state index contributed by atoms with van der Waals surface area (Å²) in [7, 11) is 1.73. The highest BCUT2D eigenvalue weighted by molar-refractivity contribution is 9.09. The van der Waals surface area contributed by atoms with Crippen LogP contribution in [0.15, 0.2) is 0 Å². The molecule has 0 aliphatic heterocycles. The molecule has 1 atom stereocenters. The zero-order chi connectivity index (χ0) is 23.5. The van der Waals surface area contributed by atoms with Crippen LogP contribution in [-0.4, -0.2) is 50.8 Å². The lowest BCUT2D eigenvalue weighted by atomic mass is 10.0. The van der Waals surface area contributed by atoms with Crippen molar-refractivity contribution in [2.24, 2.45) is 0 Å². The van der Waals surface area contributed by atoms with Gasteiger partial charge in [0.15, 0.2) is 0 Å². The van der Waals surface area contributed by atoms with Gasteiger partial charge in [-0.25, -0.2) is 0 Å². The van der Waals surface area contributed by atoms with Crippen LogP contribution >= 0.6 is 15.9 Å². The fourth-order valence-corrected chi connectivity index (χ4v) is 4.12. The molecule has 5 heteroatoms. The number of Topliss-reactive ketones (excluding diaryl/α,β-unsaturated/α-hetero) is 1. The Kier molecular flexibility index (Phi) is 27.3. The second kappa shape index (κ2) is 27.3. The van der Waals surface area contributed by atoms with Crippen LogP contribution < -0.4 is 0 Å². The number of hydrogen-bond donors (Lipinski definition) is 0. The van der Waals surface area contributed by atoms with Crippen molar-refractivity contribution >= 4 is 21.7 Å². The van der Waals surface area contributed by atoms with Crippen molar-refractivity contribution in [2.75, 3.05) is 38.9 Å². The highest BCUT2D eigenvalue weighted by Crippen LogP contribution is 2.12. The highest BCUT2D eigenvalue weighted by atomic mass is 79.9. The van der Waals surface area contributed by atoms with Crippen molar-refractivity contribution in [1.82, 2.24) is 0 Å². The van der Waals surface area contributed by atoms with E-state index in [0.717, 1.165) is 57.1 Å². The Labute approximate surface area is 208 Å². The number of alkyl halides is 1. The summed E-state index contributed by atoms with van der Waals surface area (Å²) in [5, 5.41) is 1.07. The minimum Gasteiger partial charge on any atom is -0.379 e. The molecule has 0 aliphatic rings. The summed E-state index contributed by atoms with van der Waals surface area (Å²) in [6.07, 6.45) is 21.2. The summed E-state index contributed by atoms with van der Waals surface area (Å²) in [4.78, 5) is 11.8. The first-order valence-corrected chi connectivity index (χ1v) is 14.6. The van der Waals surface area contributed by atoms with Crippen molar-refractivity contribution in [3.05, 3.63) is 0 Å². The number of carbonyl (C=O) groups excluding carboxylic acids is 1. The average Bonchev–Trinajstić information content (AvgIpc) is 2.80. The molecule has 0 aromatic rings. The highest BCUT2D eigenvalue weighted by Gasteiger charge is 2.07. The summed E-state index contributed by atoms with van der Waals surface area (Å²) in [6, 6.07) is 0. The molecule has 0 rings (SSSR count). The predicted octanol–water partition coefficient (Wildman–Crippen LogP) is 8.04. The second-order valence-corrected chi connectivity index (χ2v) is 9.83. The van der Waals surface area contributed by atoms with Gasteiger partial charge >= 0.3 is 0 Å². The topological polar surface area (TPSA) is 44.8 Å². The minimum absolute atomic E-state index is 0.0440. The van der Waals surface area contributed by atoms with Crippen LogP contribution in [0, 0.1) is 0 Å². The van der Waals surface area contributed by atoms with Crippen molar-refractivity contribution in [1.29, 1.82) is 0 Å². The first-order chi connectivity index (χ1) is 15.7. The quantitative estimate of drug-likeness (QED) is 0.0811. The van der Waals surface area contributed by atoms with Crippen molar-refractivity contribution in [3.8, 4) is 0 Å². The van der Waals surface area contributed by atoms with Gasteiger partial charge in [0.05, 0.1) is 13.2 Å². The Morgan fingerprint density at radius 3 is 1.56 bits per heavy atom. The molecule has 0 N–H and O–H groups in total. The number of carbonyl (C=O) groups is 1. The van der Waals surface area contributed by atoms with Crippen LogP contribution in [0.25, 0.3) is 0 Å². The van der Waals surface area contributed by atoms with Crippen LogP contribution in [0.5, 0.6) is 0 Å². The molecule has 0 radical (unpaired) electrons. The number of ether oxygens (including phenoxy) is 3. The number of methoxy groups -OCH3 is 1. The van der Waals surface area contributed by atoms with Crippen LogP contribution in [0.2, 0.25) is 0 Å². The van der Waals surface area contributed by atoms with Gasteiger partial charge in [0.1, 0.15) is 11.9 Å². The lowest BCUT2D eigenvalue weighted by molar-refractivity contribution is -0.119. The average molecular weight is 522 g/mol. The molecular weight excluding hydrogens is 468 g/mol. The largest absolute Gasteiger partial charge is 0.379 e. The van der Waals surface area contributed by atoms with Gasteiger partial charge in [-0.2, -0.15) is 0 Å². The number of rotatable bonds is 27. The van der Waals surface area contributed by atoms with E-state index in [9.17, 15) is 4.79 Å². The smallest absolute Gasteiger partial charge is 0.132 e. The second-order valence-electron chi connectivity index (χ2n) is 9.04. The Balaban J connectivity index is 3.28. The van der Waals surface area contributed by atoms with Crippen LogP contribution in [0.3, 0.4) is 0 Å². The molecule has 0 saturated heterocycles. The van der Waals surface area contributed by atoms with Gasteiger partial charge in [0.2, 0.25) is 0 Å². The summed E-state index contributed by atoms with van der Waals surface area (Å²) in [5.41, 5.74) is 0. The third-order valence-corrected chi connectivity index (χ3v) is 6.48. The number of ketones is 1. The number of halogens is 1. The molecular formula is C27H53BrO4. The Morgan fingerprint density at radius 2 is 1.09 bits per heavy atom. The zero-order valence-corrected chi connectivity index (χ0v) is 22.9. The summed E-state index contributed by atoms with van der Waals surface area (Å²) < 4.78 is 16.9. The minimum atomic E-state index is 0.0440. The van der Waals surface area contributed by atoms with Crippen molar-refractivity contribution < 1.29 is 19.0 Å². The maximum absolute atomic E-state index is 11.8. The fourth-order valence-electron chi connectivity index (χ4n) is 3.73. The maximum atomic E-state index is 11.8. The van der Waals surface area contributed by atoms with Crippen LogP contribution in [0.4, 0.5) is 0 Å². The van der Waals surface area contributed by atoms with Gasteiger partial charge in [0.25, 0.3) is 0 Å². The van der Waals surface area contributed by atoms with Crippen molar-refractivity contribution in [3.63, 3.8) is 0 Å². The van der Waals surface area contributed by atoms with E-state index in [4.69, 9.17) is 14.2 Å². The molecule has 0 aromatic heterocycles. The SMILES string of the molecule is CCCCCCC(=O)CCCCCCCCCCCOCC(COCCCCCBr)OC. The first kappa shape index (κ1) is 32.0. The molecule has 0 aromatic carbocycles. The summed E-state index contributed by atoms with van der Waals surface area (Å²) in [6.45, 7) is 5.08. The molecule has 0 heterocycles. The summed E-state index contributed by atoms with van der Waals surface area (Å²) >= 11 is 3.45. The molecule has 0 fully saturated rings. The van der Waals surface area contributed by atoms with E-state index in [1.807, 2.05) is 0 Å². The number of hydrogen-bond acceptors (Lipinski definition) is 4. The van der Waals surface area contributed by atoms with Gasteiger partial charge < -0.3 is 14.2 Å². The maximum Gasteiger partial charge on any atom is 0.132 e.